The lowest BCUT2D eigenvalue weighted by Gasteiger charge is -2.40. The molecule has 7 nitrogen and oxygen atoms in total. The van der Waals surface area contributed by atoms with Gasteiger partial charge in [0.2, 0.25) is 0 Å². The van der Waals surface area contributed by atoms with Gasteiger partial charge < -0.3 is 24.3 Å². The molecule has 1 aromatic carbocycles. The number of aromatic nitrogens is 1. The molecule has 0 radical (unpaired) electrons. The van der Waals surface area contributed by atoms with Gasteiger partial charge in [0.1, 0.15) is 23.1 Å². The lowest BCUT2D eigenvalue weighted by atomic mass is 9.82. The summed E-state index contributed by atoms with van der Waals surface area (Å²) >= 11 is 0. The normalized spacial score (nSPS) is 26.8. The lowest BCUT2D eigenvalue weighted by molar-refractivity contribution is -0.147. The van der Waals surface area contributed by atoms with E-state index in [1.165, 1.54) is 0 Å². The molecule has 0 spiro atoms. The van der Waals surface area contributed by atoms with E-state index >= 15 is 0 Å². The molecule has 6 rings (SSSR count). The van der Waals surface area contributed by atoms with E-state index in [1.807, 2.05) is 24.4 Å². The number of hydrogen-bond donors (Lipinski definition) is 1. The summed E-state index contributed by atoms with van der Waals surface area (Å²) in [4.78, 5) is 33.8. The molecule has 2 aromatic rings. The van der Waals surface area contributed by atoms with Crippen molar-refractivity contribution in [2.24, 2.45) is 0 Å². The van der Waals surface area contributed by atoms with Gasteiger partial charge >= 0.3 is 0 Å². The van der Waals surface area contributed by atoms with E-state index in [4.69, 9.17) is 9.47 Å². The summed E-state index contributed by atoms with van der Waals surface area (Å²) in [5, 5.41) is 1.06. The number of fused-ring (bicyclic) bond motifs is 7. The van der Waals surface area contributed by atoms with Gasteiger partial charge in [0, 0.05) is 54.8 Å². The zero-order valence-corrected chi connectivity index (χ0v) is 20.4. The van der Waals surface area contributed by atoms with Crippen molar-refractivity contribution < 1.29 is 19.1 Å². The van der Waals surface area contributed by atoms with Crippen molar-refractivity contribution in [1.82, 2.24) is 14.8 Å². The third-order valence-corrected chi connectivity index (χ3v) is 7.77. The third kappa shape index (κ3) is 2.92. The number of nitrogens with zero attached hydrogens (tertiary/aromatic N) is 2. The Morgan fingerprint density at radius 1 is 1.18 bits per heavy atom. The van der Waals surface area contributed by atoms with Crippen molar-refractivity contribution >= 4 is 22.7 Å². The largest absolute Gasteiger partial charge is 0.487 e. The molecule has 4 aliphatic heterocycles. The molecule has 178 valence electrons. The van der Waals surface area contributed by atoms with Gasteiger partial charge in [-0.15, -0.1) is 0 Å². The minimum absolute atomic E-state index is 0.00850. The Labute approximate surface area is 199 Å². The molecule has 5 heterocycles. The summed E-state index contributed by atoms with van der Waals surface area (Å²) in [5.41, 5.74) is 3.99. The van der Waals surface area contributed by atoms with E-state index in [2.05, 4.69) is 38.7 Å². The number of aromatic amines is 1. The van der Waals surface area contributed by atoms with Crippen molar-refractivity contribution in [3.8, 4) is 5.75 Å². The van der Waals surface area contributed by atoms with E-state index in [-0.39, 0.29) is 28.9 Å². The average molecular weight is 462 g/mol. The predicted molar refractivity (Wildman–Crippen MR) is 128 cm³/mol. The Bertz CT molecular complexity index is 1300. The maximum Gasteiger partial charge on any atom is 0.274 e. The fourth-order valence-corrected chi connectivity index (χ4v) is 6.05. The van der Waals surface area contributed by atoms with Crippen LogP contribution in [-0.4, -0.2) is 51.9 Å². The number of amides is 2. The molecule has 0 saturated carbocycles. The van der Waals surface area contributed by atoms with Crippen LogP contribution in [0.1, 0.15) is 63.5 Å². The first-order valence-electron chi connectivity index (χ1n) is 12.0. The van der Waals surface area contributed by atoms with Gasteiger partial charge in [-0.25, -0.2) is 0 Å². The van der Waals surface area contributed by atoms with Crippen molar-refractivity contribution in [3.63, 3.8) is 0 Å². The molecule has 1 saturated heterocycles. The van der Waals surface area contributed by atoms with Crippen molar-refractivity contribution in [2.45, 2.75) is 70.1 Å². The number of H-pyrrole nitrogens is 1. The molecule has 1 fully saturated rings. The molecule has 1 N–H and O–H groups in total. The Balaban J connectivity index is 1.54. The van der Waals surface area contributed by atoms with Crippen LogP contribution in [0.15, 0.2) is 36.2 Å². The second-order valence-corrected chi connectivity index (χ2v) is 11.0. The number of benzene rings is 1. The predicted octanol–water partition coefficient (Wildman–Crippen LogP) is 4.09. The highest BCUT2D eigenvalue weighted by Crippen LogP contribution is 2.47. The van der Waals surface area contributed by atoms with E-state index < -0.39 is 6.04 Å². The maximum absolute atomic E-state index is 13.5. The third-order valence-electron chi connectivity index (χ3n) is 7.77. The fraction of sp³-hybridized carbons (Fsp3) is 0.481. The molecule has 4 aliphatic rings. The van der Waals surface area contributed by atoms with Crippen LogP contribution in [0.25, 0.3) is 10.9 Å². The van der Waals surface area contributed by atoms with Crippen LogP contribution < -0.4 is 4.74 Å². The minimum Gasteiger partial charge on any atom is -0.487 e. The summed E-state index contributed by atoms with van der Waals surface area (Å²) in [5.74, 6) is 0.728. The van der Waals surface area contributed by atoms with Crippen LogP contribution in [0.2, 0.25) is 0 Å². The minimum atomic E-state index is -0.558. The molecular weight excluding hydrogens is 430 g/mol. The van der Waals surface area contributed by atoms with Crippen LogP contribution in [-0.2, 0) is 26.2 Å². The molecular formula is C27H31N3O4. The number of piperazine rings is 1. The van der Waals surface area contributed by atoms with Crippen LogP contribution in [0.4, 0.5) is 0 Å². The van der Waals surface area contributed by atoms with Crippen LogP contribution >= 0.6 is 0 Å². The van der Waals surface area contributed by atoms with Gasteiger partial charge in [0.25, 0.3) is 11.8 Å². The first-order chi connectivity index (χ1) is 16.1. The van der Waals surface area contributed by atoms with E-state index in [0.29, 0.717) is 18.7 Å². The Hall–Kier alpha value is -3.06. The first-order valence-corrected chi connectivity index (χ1v) is 12.0. The van der Waals surface area contributed by atoms with Gasteiger partial charge in [-0.05, 0) is 38.0 Å². The molecule has 2 atom stereocenters. The number of ether oxygens (including phenoxy) is 2. The average Bonchev–Trinajstić information content (AvgIpc) is 3.40. The number of carbonyl (C=O) groups excluding carboxylic acids is 2. The highest BCUT2D eigenvalue weighted by molar-refractivity contribution is 6.06. The van der Waals surface area contributed by atoms with Crippen LogP contribution in [0.5, 0.6) is 5.75 Å². The van der Waals surface area contributed by atoms with Gasteiger partial charge in [0.05, 0.1) is 11.6 Å². The summed E-state index contributed by atoms with van der Waals surface area (Å²) in [6.07, 6.45) is 7.55. The Morgan fingerprint density at radius 2 is 1.97 bits per heavy atom. The Morgan fingerprint density at radius 3 is 2.74 bits per heavy atom. The van der Waals surface area contributed by atoms with Crippen molar-refractivity contribution in [1.29, 1.82) is 0 Å². The van der Waals surface area contributed by atoms with E-state index in [0.717, 1.165) is 46.3 Å². The summed E-state index contributed by atoms with van der Waals surface area (Å²) in [6.45, 7) is 9.01. The van der Waals surface area contributed by atoms with E-state index in [9.17, 15) is 9.59 Å². The quantitative estimate of drug-likeness (QED) is 0.694. The molecule has 1 aromatic heterocycles. The zero-order chi connectivity index (χ0) is 24.0. The number of allylic oxidation sites excluding steroid dienone is 1. The lowest BCUT2D eigenvalue weighted by Crippen LogP contribution is -2.56. The number of methoxy groups -OCH3 is 1. The van der Waals surface area contributed by atoms with Gasteiger partial charge in [-0.2, -0.15) is 0 Å². The molecule has 7 heteroatoms. The molecule has 0 aliphatic carbocycles. The molecule has 2 amide bonds. The Kier molecular flexibility index (Phi) is 4.41. The fourth-order valence-electron chi connectivity index (χ4n) is 6.05. The highest BCUT2D eigenvalue weighted by Gasteiger charge is 2.46. The zero-order valence-electron chi connectivity index (χ0n) is 20.4. The number of rotatable bonds is 1. The van der Waals surface area contributed by atoms with Crippen molar-refractivity contribution in [2.75, 3.05) is 13.7 Å². The topological polar surface area (TPSA) is 74.9 Å². The second kappa shape index (κ2) is 6.98. The molecule has 34 heavy (non-hydrogen) atoms. The SMILES string of the molecule is COC1CC(C)(C)Oc2ccc3c4c([nH]c3c21)C(C)(C)C=CN1C(=O)C2=CCCN2C(=O)[C@@H]1C4. The second-order valence-electron chi connectivity index (χ2n) is 11.0. The number of hydrogen-bond acceptors (Lipinski definition) is 4. The first kappa shape index (κ1) is 21.5. The monoisotopic (exact) mass is 461 g/mol. The van der Waals surface area contributed by atoms with Gasteiger partial charge in [-0.3, -0.25) is 9.59 Å². The van der Waals surface area contributed by atoms with E-state index in [1.54, 1.807) is 16.9 Å². The van der Waals surface area contributed by atoms with Crippen LogP contribution in [0, 0.1) is 0 Å². The van der Waals surface area contributed by atoms with Gasteiger partial charge in [0.15, 0.2) is 0 Å². The molecule has 1 unspecified atom stereocenters. The van der Waals surface area contributed by atoms with Crippen LogP contribution in [0.3, 0.4) is 0 Å². The highest BCUT2D eigenvalue weighted by atomic mass is 16.5. The number of carbonyl (C=O) groups is 2. The summed E-state index contributed by atoms with van der Waals surface area (Å²) in [7, 11) is 1.74. The van der Waals surface area contributed by atoms with Crippen molar-refractivity contribution in [3.05, 3.63) is 53.0 Å². The standard InChI is InChI=1S/C27H31N3O4/c1-26(2)10-12-30-18(25(32)29-11-6-7-17(29)24(30)31)13-16-15-8-9-19-21(22(15)28-23(16)26)20(33-5)14-27(3,4)34-19/h7-10,12,18,20,28H,6,11,13-14H2,1-5H3/t18-,20?/m0/s1. The number of nitrogens with one attached hydrogen (secondary N) is 1. The molecule has 0 bridgehead atoms. The smallest absolute Gasteiger partial charge is 0.274 e. The summed E-state index contributed by atoms with van der Waals surface area (Å²) < 4.78 is 12.2. The maximum atomic E-state index is 13.5. The summed E-state index contributed by atoms with van der Waals surface area (Å²) in [6, 6.07) is 3.55. The van der Waals surface area contributed by atoms with Gasteiger partial charge in [-0.1, -0.05) is 26.0 Å².